The fourth-order valence-electron chi connectivity index (χ4n) is 3.90. The molecule has 32 heavy (non-hydrogen) atoms. The fraction of sp³-hybridized carbons (Fsp3) is 0.160. The molecule has 0 amide bonds. The molecule has 0 radical (unpaired) electrons. The van der Waals surface area contributed by atoms with E-state index in [1.54, 1.807) is 15.2 Å². The number of aromatic nitrogens is 3. The molecule has 0 saturated heterocycles. The molecule has 1 atom stereocenters. The third-order valence-electron chi connectivity index (χ3n) is 5.56. The Morgan fingerprint density at radius 2 is 1.66 bits per heavy atom. The molecule has 6 nitrogen and oxygen atoms in total. The van der Waals surface area contributed by atoms with E-state index in [1.807, 2.05) is 79.7 Å². The molecule has 3 aromatic carbocycles. The van der Waals surface area contributed by atoms with Gasteiger partial charge in [-0.25, -0.2) is 9.78 Å². The van der Waals surface area contributed by atoms with Crippen LogP contribution in [0.3, 0.4) is 0 Å². The lowest BCUT2D eigenvalue weighted by atomic mass is 10.1. The lowest BCUT2D eigenvalue weighted by molar-refractivity contribution is 0.513. The van der Waals surface area contributed by atoms with Gasteiger partial charge in [-0.3, -0.25) is 13.9 Å². The molecular formula is C25H21N3O3S. The van der Waals surface area contributed by atoms with E-state index in [4.69, 9.17) is 9.40 Å². The van der Waals surface area contributed by atoms with Crippen LogP contribution in [-0.2, 0) is 6.54 Å². The maximum absolute atomic E-state index is 13.4. The molecule has 0 aliphatic heterocycles. The van der Waals surface area contributed by atoms with Crippen LogP contribution in [0, 0.1) is 0 Å². The van der Waals surface area contributed by atoms with Gasteiger partial charge < -0.3 is 4.42 Å². The molecule has 0 saturated carbocycles. The number of rotatable bonds is 6. The van der Waals surface area contributed by atoms with Gasteiger partial charge in [0.15, 0.2) is 10.7 Å². The number of para-hydroxylation sites is 3. The van der Waals surface area contributed by atoms with Crippen LogP contribution in [-0.4, -0.2) is 19.9 Å². The Kier molecular flexibility index (Phi) is 5.41. The second-order valence-electron chi connectivity index (χ2n) is 7.51. The van der Waals surface area contributed by atoms with Crippen molar-refractivity contribution in [3.8, 4) is 0 Å². The highest BCUT2D eigenvalue weighted by Gasteiger charge is 2.18. The van der Waals surface area contributed by atoms with Crippen LogP contribution >= 0.6 is 11.8 Å². The molecular weight excluding hydrogens is 422 g/mol. The molecule has 0 spiro atoms. The van der Waals surface area contributed by atoms with E-state index in [-0.39, 0.29) is 17.4 Å². The van der Waals surface area contributed by atoms with Crippen LogP contribution in [0.5, 0.6) is 0 Å². The Balaban J connectivity index is 1.52. The monoisotopic (exact) mass is 443 g/mol. The van der Waals surface area contributed by atoms with E-state index in [0.29, 0.717) is 33.9 Å². The van der Waals surface area contributed by atoms with Crippen LogP contribution < -0.4 is 11.3 Å². The first kappa shape index (κ1) is 20.3. The zero-order valence-electron chi connectivity index (χ0n) is 17.5. The van der Waals surface area contributed by atoms with E-state index in [2.05, 4.69) is 0 Å². The molecule has 5 aromatic rings. The number of benzene rings is 3. The predicted molar refractivity (Wildman–Crippen MR) is 127 cm³/mol. The van der Waals surface area contributed by atoms with Gasteiger partial charge in [0.25, 0.3) is 5.56 Å². The highest BCUT2D eigenvalue weighted by Crippen LogP contribution is 2.25. The largest absolute Gasteiger partial charge is 0.419 e. The zero-order valence-corrected chi connectivity index (χ0v) is 18.3. The molecule has 160 valence electrons. The topological polar surface area (TPSA) is 70.0 Å². The zero-order chi connectivity index (χ0) is 22.1. The van der Waals surface area contributed by atoms with Crippen LogP contribution in [0.25, 0.3) is 22.0 Å². The minimum Gasteiger partial charge on any atom is -0.408 e. The number of aryl methyl sites for hydroxylation is 1. The second-order valence-corrected chi connectivity index (χ2v) is 8.57. The molecule has 0 aliphatic rings. The SMILES string of the molecule is C[C@H](c1ccccc1)n1c(SCCn2c(=O)oc3ccccc32)nc2ccccc2c1=O. The van der Waals surface area contributed by atoms with Gasteiger partial charge in [0.05, 0.1) is 22.5 Å². The van der Waals surface area contributed by atoms with Crippen molar-refractivity contribution >= 4 is 33.8 Å². The summed E-state index contributed by atoms with van der Waals surface area (Å²) in [5, 5.41) is 1.22. The number of nitrogens with zero attached hydrogens (tertiary/aromatic N) is 3. The van der Waals surface area contributed by atoms with Crippen molar-refractivity contribution in [2.45, 2.75) is 24.7 Å². The Bertz CT molecular complexity index is 1520. The summed E-state index contributed by atoms with van der Waals surface area (Å²) in [5.74, 6) is 0.184. The summed E-state index contributed by atoms with van der Waals surface area (Å²) in [6.07, 6.45) is 0. The summed E-state index contributed by atoms with van der Waals surface area (Å²) in [6, 6.07) is 24.5. The maximum Gasteiger partial charge on any atom is 0.419 e. The first-order valence-electron chi connectivity index (χ1n) is 10.4. The summed E-state index contributed by atoms with van der Waals surface area (Å²) >= 11 is 1.47. The number of oxazole rings is 1. The first-order chi connectivity index (χ1) is 15.6. The molecule has 7 heteroatoms. The Morgan fingerprint density at radius 3 is 2.50 bits per heavy atom. The Morgan fingerprint density at radius 1 is 0.938 bits per heavy atom. The fourth-order valence-corrected chi connectivity index (χ4v) is 4.90. The number of hydrogen-bond donors (Lipinski definition) is 0. The average molecular weight is 444 g/mol. The van der Waals surface area contributed by atoms with Gasteiger partial charge in [-0.1, -0.05) is 66.4 Å². The van der Waals surface area contributed by atoms with E-state index in [0.717, 1.165) is 11.1 Å². The van der Waals surface area contributed by atoms with Gasteiger partial charge in [0, 0.05) is 12.3 Å². The summed E-state index contributed by atoms with van der Waals surface area (Å²) in [6.45, 7) is 2.45. The molecule has 0 bridgehead atoms. The van der Waals surface area contributed by atoms with Crippen molar-refractivity contribution in [3.05, 3.63) is 105 Å². The highest BCUT2D eigenvalue weighted by molar-refractivity contribution is 7.99. The molecule has 0 unspecified atom stereocenters. The van der Waals surface area contributed by atoms with Crippen LogP contribution in [0.4, 0.5) is 0 Å². The van der Waals surface area contributed by atoms with Gasteiger partial charge in [0.1, 0.15) is 0 Å². The van der Waals surface area contributed by atoms with Crippen molar-refractivity contribution < 1.29 is 4.42 Å². The van der Waals surface area contributed by atoms with E-state index < -0.39 is 0 Å². The third kappa shape index (κ3) is 3.65. The Labute approximate surface area is 188 Å². The first-order valence-corrected chi connectivity index (χ1v) is 11.4. The van der Waals surface area contributed by atoms with Gasteiger partial charge in [-0.05, 0) is 36.8 Å². The van der Waals surface area contributed by atoms with E-state index in [9.17, 15) is 9.59 Å². The van der Waals surface area contributed by atoms with Crippen LogP contribution in [0.15, 0.2) is 98.0 Å². The van der Waals surface area contributed by atoms with Gasteiger partial charge in [-0.15, -0.1) is 0 Å². The number of thioether (sulfide) groups is 1. The standard InChI is InChI=1S/C25H21N3O3S/c1-17(18-9-3-2-4-10-18)28-23(29)19-11-5-6-12-20(19)26-24(28)32-16-15-27-21-13-7-8-14-22(21)31-25(27)30/h2-14,17H,15-16H2,1H3/t17-/m1/s1. The van der Waals surface area contributed by atoms with Crippen molar-refractivity contribution in [1.29, 1.82) is 0 Å². The lowest BCUT2D eigenvalue weighted by Gasteiger charge is -2.20. The molecule has 0 fully saturated rings. The molecule has 0 N–H and O–H groups in total. The minimum absolute atomic E-state index is 0.0691. The van der Waals surface area contributed by atoms with Gasteiger partial charge >= 0.3 is 5.76 Å². The van der Waals surface area contributed by atoms with Crippen molar-refractivity contribution in [3.63, 3.8) is 0 Å². The van der Waals surface area contributed by atoms with Crippen LogP contribution in [0.1, 0.15) is 18.5 Å². The number of hydrogen-bond acceptors (Lipinski definition) is 5. The smallest absolute Gasteiger partial charge is 0.408 e. The highest BCUT2D eigenvalue weighted by atomic mass is 32.2. The normalized spacial score (nSPS) is 12.4. The lowest BCUT2D eigenvalue weighted by Crippen LogP contribution is -2.27. The van der Waals surface area contributed by atoms with Crippen molar-refractivity contribution in [2.75, 3.05) is 5.75 Å². The molecule has 2 heterocycles. The summed E-state index contributed by atoms with van der Waals surface area (Å²) in [4.78, 5) is 30.5. The third-order valence-corrected chi connectivity index (χ3v) is 6.50. The summed E-state index contributed by atoms with van der Waals surface area (Å²) in [7, 11) is 0. The summed E-state index contributed by atoms with van der Waals surface area (Å²) in [5.41, 5.74) is 2.97. The number of fused-ring (bicyclic) bond motifs is 2. The van der Waals surface area contributed by atoms with E-state index >= 15 is 0 Å². The maximum atomic E-state index is 13.4. The molecule has 0 aliphatic carbocycles. The quantitative estimate of drug-likeness (QED) is 0.281. The summed E-state index contributed by atoms with van der Waals surface area (Å²) < 4.78 is 8.69. The van der Waals surface area contributed by atoms with Crippen LogP contribution in [0.2, 0.25) is 0 Å². The van der Waals surface area contributed by atoms with Crippen molar-refractivity contribution in [2.24, 2.45) is 0 Å². The predicted octanol–water partition coefficient (Wildman–Crippen LogP) is 4.71. The minimum atomic E-state index is -0.381. The molecule has 2 aromatic heterocycles. The van der Waals surface area contributed by atoms with Gasteiger partial charge in [-0.2, -0.15) is 0 Å². The van der Waals surface area contributed by atoms with Crippen molar-refractivity contribution in [1.82, 2.24) is 14.1 Å². The Hall–Kier alpha value is -3.58. The van der Waals surface area contributed by atoms with Gasteiger partial charge in [0.2, 0.25) is 0 Å². The molecule has 5 rings (SSSR count). The van der Waals surface area contributed by atoms with E-state index in [1.165, 1.54) is 11.8 Å². The average Bonchev–Trinajstić information content (AvgIpc) is 3.14. The second kappa shape index (κ2) is 8.51.